The van der Waals surface area contributed by atoms with Crippen LogP contribution in [-0.4, -0.2) is 25.1 Å². The molecule has 1 aromatic heterocycles. The van der Waals surface area contributed by atoms with Gasteiger partial charge in [-0.15, -0.1) is 6.58 Å². The zero-order chi connectivity index (χ0) is 13.4. The van der Waals surface area contributed by atoms with Crippen molar-refractivity contribution < 1.29 is 4.39 Å². The van der Waals surface area contributed by atoms with Crippen molar-refractivity contribution in [1.29, 1.82) is 0 Å². The first-order chi connectivity index (χ1) is 8.69. The fraction of sp³-hybridized carbons (Fsp3) is 0.500. The van der Waals surface area contributed by atoms with Gasteiger partial charge in [-0.25, -0.2) is 9.37 Å². The summed E-state index contributed by atoms with van der Waals surface area (Å²) in [6.45, 7) is 8.21. The minimum atomic E-state index is -0.288. The lowest BCUT2D eigenvalue weighted by Gasteiger charge is -2.20. The summed E-state index contributed by atoms with van der Waals surface area (Å²) in [6, 6.07) is 1.55. The second-order valence-electron chi connectivity index (χ2n) is 4.31. The average Bonchev–Trinajstić information content (AvgIpc) is 2.36. The Balaban J connectivity index is 2.77. The Morgan fingerprint density at radius 2 is 2.33 bits per heavy atom. The van der Waals surface area contributed by atoms with E-state index in [9.17, 15) is 4.39 Å². The minimum Gasteiger partial charge on any atom is -0.359 e. The topological polar surface area (TPSA) is 28.2 Å². The van der Waals surface area contributed by atoms with E-state index < -0.39 is 0 Å². The lowest BCUT2D eigenvalue weighted by atomic mass is 10.2. The van der Waals surface area contributed by atoms with Crippen molar-refractivity contribution in [1.82, 2.24) is 10.3 Å². The molecule has 1 N–H and O–H groups in total. The number of rotatable bonds is 8. The first-order valence-electron chi connectivity index (χ1n) is 6.36. The van der Waals surface area contributed by atoms with Gasteiger partial charge in [0, 0.05) is 25.7 Å². The molecule has 100 valence electrons. The number of halogens is 1. The molecule has 0 aliphatic heterocycles. The molecule has 18 heavy (non-hydrogen) atoms. The van der Waals surface area contributed by atoms with Crippen molar-refractivity contribution in [2.24, 2.45) is 0 Å². The average molecular weight is 251 g/mol. The second-order valence-corrected chi connectivity index (χ2v) is 4.31. The quantitative estimate of drug-likeness (QED) is 0.569. The van der Waals surface area contributed by atoms with E-state index in [-0.39, 0.29) is 5.82 Å². The van der Waals surface area contributed by atoms with Crippen molar-refractivity contribution in [3.05, 3.63) is 36.3 Å². The third-order valence-electron chi connectivity index (χ3n) is 2.68. The van der Waals surface area contributed by atoms with E-state index >= 15 is 0 Å². The van der Waals surface area contributed by atoms with Gasteiger partial charge >= 0.3 is 0 Å². The lowest BCUT2D eigenvalue weighted by molar-refractivity contribution is 0.610. The van der Waals surface area contributed by atoms with Crippen LogP contribution in [0.15, 0.2) is 24.9 Å². The molecule has 0 amide bonds. The molecule has 0 spiro atoms. The van der Waals surface area contributed by atoms with Gasteiger partial charge in [0.15, 0.2) is 0 Å². The molecule has 0 aromatic carbocycles. The number of anilines is 1. The predicted octanol–water partition coefficient (Wildman–Crippen LogP) is 2.73. The normalized spacial score (nSPS) is 10.4. The molecule has 3 nitrogen and oxygen atoms in total. The Bertz CT molecular complexity index is 379. The highest BCUT2D eigenvalue weighted by Crippen LogP contribution is 2.17. The number of hydrogen-bond acceptors (Lipinski definition) is 3. The van der Waals surface area contributed by atoms with Crippen LogP contribution in [0.2, 0.25) is 0 Å². The van der Waals surface area contributed by atoms with Crippen molar-refractivity contribution in [2.45, 2.75) is 26.3 Å². The standard InChI is InChI=1S/C14H22FN3/c1-4-6-8-18(3)14-12(10-16-7-5-2)9-13(15)11-17-14/h4,9,11,16H,1,5-8,10H2,2-3H3. The summed E-state index contributed by atoms with van der Waals surface area (Å²) in [5, 5.41) is 3.28. The maximum atomic E-state index is 13.2. The highest BCUT2D eigenvalue weighted by molar-refractivity contribution is 5.46. The van der Waals surface area contributed by atoms with E-state index in [4.69, 9.17) is 0 Å². The van der Waals surface area contributed by atoms with Gasteiger partial charge in [-0.2, -0.15) is 0 Å². The molecule has 0 bridgehead atoms. The van der Waals surface area contributed by atoms with Crippen molar-refractivity contribution >= 4 is 5.82 Å². The van der Waals surface area contributed by atoms with Crippen LogP contribution in [0.4, 0.5) is 10.2 Å². The fourth-order valence-corrected chi connectivity index (χ4v) is 1.74. The predicted molar refractivity (Wildman–Crippen MR) is 74.3 cm³/mol. The van der Waals surface area contributed by atoms with Crippen molar-refractivity contribution in [3.63, 3.8) is 0 Å². The van der Waals surface area contributed by atoms with Gasteiger partial charge in [0.25, 0.3) is 0 Å². The van der Waals surface area contributed by atoms with E-state index in [2.05, 4.69) is 23.8 Å². The Morgan fingerprint density at radius 1 is 1.56 bits per heavy atom. The number of pyridine rings is 1. The lowest BCUT2D eigenvalue weighted by Crippen LogP contribution is -2.23. The van der Waals surface area contributed by atoms with Crippen LogP contribution in [0.1, 0.15) is 25.3 Å². The van der Waals surface area contributed by atoms with Gasteiger partial charge in [-0.1, -0.05) is 13.0 Å². The second kappa shape index (κ2) is 7.82. The molecule has 0 aliphatic rings. The smallest absolute Gasteiger partial charge is 0.141 e. The number of aromatic nitrogens is 1. The minimum absolute atomic E-state index is 0.288. The first kappa shape index (κ1) is 14.6. The molecule has 0 radical (unpaired) electrons. The molecule has 0 aliphatic carbocycles. The molecule has 0 atom stereocenters. The summed E-state index contributed by atoms with van der Waals surface area (Å²) in [7, 11) is 1.97. The Morgan fingerprint density at radius 3 is 3.00 bits per heavy atom. The van der Waals surface area contributed by atoms with Gasteiger partial charge in [0.1, 0.15) is 11.6 Å². The molecule has 1 rings (SSSR count). The molecular formula is C14H22FN3. The summed E-state index contributed by atoms with van der Waals surface area (Å²) in [4.78, 5) is 6.22. The summed E-state index contributed by atoms with van der Waals surface area (Å²) in [5.74, 6) is 0.547. The maximum Gasteiger partial charge on any atom is 0.141 e. The summed E-state index contributed by atoms with van der Waals surface area (Å²) >= 11 is 0. The summed E-state index contributed by atoms with van der Waals surface area (Å²) < 4.78 is 13.2. The largest absolute Gasteiger partial charge is 0.359 e. The Kier molecular flexibility index (Phi) is 6.36. The van der Waals surface area contributed by atoms with Crippen LogP contribution in [0.3, 0.4) is 0 Å². The SMILES string of the molecule is C=CCCN(C)c1ncc(F)cc1CNCCC. The molecule has 0 saturated heterocycles. The third kappa shape index (κ3) is 4.45. The van der Waals surface area contributed by atoms with Gasteiger partial charge < -0.3 is 10.2 Å². The highest BCUT2D eigenvalue weighted by atomic mass is 19.1. The third-order valence-corrected chi connectivity index (χ3v) is 2.68. The van der Waals surface area contributed by atoms with Gasteiger partial charge in [-0.3, -0.25) is 0 Å². The van der Waals surface area contributed by atoms with E-state index in [0.29, 0.717) is 6.54 Å². The van der Waals surface area contributed by atoms with E-state index in [1.807, 2.05) is 18.0 Å². The molecule has 0 saturated carbocycles. The maximum absolute atomic E-state index is 13.2. The van der Waals surface area contributed by atoms with E-state index in [1.165, 1.54) is 6.20 Å². The highest BCUT2D eigenvalue weighted by Gasteiger charge is 2.09. The number of nitrogens with zero attached hydrogens (tertiary/aromatic N) is 2. The Hall–Kier alpha value is -1.42. The Labute approximate surface area is 109 Å². The molecule has 0 fully saturated rings. The first-order valence-corrected chi connectivity index (χ1v) is 6.36. The van der Waals surface area contributed by atoms with Crippen LogP contribution in [0.25, 0.3) is 0 Å². The molecule has 4 heteroatoms. The van der Waals surface area contributed by atoms with Crippen LogP contribution in [0, 0.1) is 5.82 Å². The number of nitrogens with one attached hydrogen (secondary N) is 1. The zero-order valence-electron chi connectivity index (χ0n) is 11.2. The van der Waals surface area contributed by atoms with Crippen molar-refractivity contribution in [3.8, 4) is 0 Å². The van der Waals surface area contributed by atoms with Crippen LogP contribution in [0.5, 0.6) is 0 Å². The van der Waals surface area contributed by atoms with Gasteiger partial charge in [0.05, 0.1) is 6.20 Å². The van der Waals surface area contributed by atoms with Crippen LogP contribution in [-0.2, 0) is 6.54 Å². The molecule has 0 unspecified atom stereocenters. The van der Waals surface area contributed by atoms with Crippen LogP contribution < -0.4 is 10.2 Å². The summed E-state index contributed by atoms with van der Waals surface area (Å²) in [5.41, 5.74) is 0.898. The van der Waals surface area contributed by atoms with Crippen LogP contribution >= 0.6 is 0 Å². The van der Waals surface area contributed by atoms with E-state index in [1.54, 1.807) is 6.07 Å². The monoisotopic (exact) mass is 251 g/mol. The fourth-order valence-electron chi connectivity index (χ4n) is 1.74. The van der Waals surface area contributed by atoms with Gasteiger partial charge in [-0.05, 0) is 25.5 Å². The van der Waals surface area contributed by atoms with Crippen molar-refractivity contribution in [2.75, 3.05) is 25.0 Å². The molecular weight excluding hydrogens is 229 g/mol. The molecule has 1 aromatic rings. The number of hydrogen-bond donors (Lipinski definition) is 1. The zero-order valence-corrected chi connectivity index (χ0v) is 11.2. The van der Waals surface area contributed by atoms with E-state index in [0.717, 1.165) is 37.3 Å². The van der Waals surface area contributed by atoms with Gasteiger partial charge in [0.2, 0.25) is 0 Å². The molecule has 1 heterocycles. The summed E-state index contributed by atoms with van der Waals surface area (Å²) in [6.07, 6.45) is 5.08.